The van der Waals surface area contributed by atoms with E-state index in [9.17, 15) is 4.79 Å². The highest BCUT2D eigenvalue weighted by Crippen LogP contribution is 2.49. The van der Waals surface area contributed by atoms with Crippen molar-refractivity contribution >= 4 is 11.9 Å². The topological polar surface area (TPSA) is 121 Å². The molecule has 23 heavy (non-hydrogen) atoms. The molecule has 0 aromatic carbocycles. The minimum Gasteiger partial charge on any atom is -0.369 e. The summed E-state index contributed by atoms with van der Waals surface area (Å²) in [7, 11) is 0. The molecule has 0 aliphatic heterocycles. The van der Waals surface area contributed by atoms with Crippen molar-refractivity contribution in [3.63, 3.8) is 0 Å². The van der Waals surface area contributed by atoms with Crippen LogP contribution in [-0.4, -0.2) is 21.5 Å². The number of carbonyl (C=O) groups excluding carboxylic acids is 1. The SMILES string of the molecule is C[C@@H](NC(=O)Cn1c(N)nc(C#N)c1C#N)[C@@H]1C[C@H]2CC[C@H]1C2. The zero-order chi connectivity index (χ0) is 16.6. The van der Waals surface area contributed by atoms with Crippen LogP contribution < -0.4 is 11.1 Å². The predicted octanol–water partition coefficient (Wildman–Crippen LogP) is 1.15. The number of rotatable bonds is 4. The van der Waals surface area contributed by atoms with Crippen LogP contribution in [0.25, 0.3) is 0 Å². The van der Waals surface area contributed by atoms with Gasteiger partial charge in [0.05, 0.1) is 0 Å². The van der Waals surface area contributed by atoms with E-state index in [1.54, 1.807) is 0 Å². The van der Waals surface area contributed by atoms with Gasteiger partial charge in [-0.3, -0.25) is 9.36 Å². The molecule has 1 amide bonds. The van der Waals surface area contributed by atoms with Gasteiger partial charge in [0.2, 0.25) is 11.9 Å². The Balaban J connectivity index is 1.65. The molecular weight excluding hydrogens is 292 g/mol. The average molecular weight is 312 g/mol. The number of carbonyl (C=O) groups is 1. The van der Waals surface area contributed by atoms with Crippen LogP contribution in [0.4, 0.5) is 5.95 Å². The van der Waals surface area contributed by atoms with Crippen LogP contribution in [0.3, 0.4) is 0 Å². The molecular formula is C16H20N6O. The summed E-state index contributed by atoms with van der Waals surface area (Å²) in [5.41, 5.74) is 5.71. The van der Waals surface area contributed by atoms with E-state index in [1.807, 2.05) is 19.1 Å². The fourth-order valence-electron chi connectivity index (χ4n) is 4.28. The van der Waals surface area contributed by atoms with Crippen molar-refractivity contribution in [1.82, 2.24) is 14.9 Å². The number of nitrogens with two attached hydrogens (primary N) is 1. The van der Waals surface area contributed by atoms with Crippen molar-refractivity contribution in [3.8, 4) is 12.1 Å². The van der Waals surface area contributed by atoms with Crippen LogP contribution in [-0.2, 0) is 11.3 Å². The molecule has 2 saturated carbocycles. The lowest BCUT2D eigenvalue weighted by Gasteiger charge is -2.28. The lowest BCUT2D eigenvalue weighted by Crippen LogP contribution is -2.41. The summed E-state index contributed by atoms with van der Waals surface area (Å²) < 4.78 is 1.29. The molecule has 1 aromatic rings. The number of hydrogen-bond donors (Lipinski definition) is 2. The largest absolute Gasteiger partial charge is 0.369 e. The molecule has 0 radical (unpaired) electrons. The third-order valence-electron chi connectivity index (χ3n) is 5.33. The first-order valence-electron chi connectivity index (χ1n) is 7.99. The Morgan fingerprint density at radius 1 is 1.43 bits per heavy atom. The van der Waals surface area contributed by atoms with Crippen molar-refractivity contribution in [1.29, 1.82) is 10.5 Å². The second-order valence-corrected chi connectivity index (χ2v) is 6.67. The number of nitrogens with one attached hydrogen (secondary N) is 1. The third-order valence-corrected chi connectivity index (χ3v) is 5.33. The number of nitrogens with zero attached hydrogens (tertiary/aromatic N) is 4. The highest BCUT2D eigenvalue weighted by Gasteiger charge is 2.42. The van der Waals surface area contributed by atoms with E-state index >= 15 is 0 Å². The minimum absolute atomic E-state index is 0.0147. The maximum Gasteiger partial charge on any atom is 0.240 e. The number of nitrogen functional groups attached to an aromatic ring is 1. The highest BCUT2D eigenvalue weighted by atomic mass is 16.2. The van der Waals surface area contributed by atoms with Crippen LogP contribution >= 0.6 is 0 Å². The zero-order valence-corrected chi connectivity index (χ0v) is 13.1. The highest BCUT2D eigenvalue weighted by molar-refractivity contribution is 5.76. The molecule has 3 rings (SSSR count). The van der Waals surface area contributed by atoms with Crippen LogP contribution in [0.1, 0.15) is 44.0 Å². The molecule has 2 bridgehead atoms. The summed E-state index contributed by atoms with van der Waals surface area (Å²) in [5, 5.41) is 21.1. The van der Waals surface area contributed by atoms with E-state index in [2.05, 4.69) is 10.3 Å². The van der Waals surface area contributed by atoms with Crippen LogP contribution in [0, 0.1) is 40.4 Å². The van der Waals surface area contributed by atoms with E-state index in [4.69, 9.17) is 16.3 Å². The molecule has 1 aromatic heterocycles. The smallest absolute Gasteiger partial charge is 0.240 e. The Kier molecular flexibility index (Phi) is 3.96. The Hall–Kier alpha value is -2.54. The standard InChI is InChI=1S/C16H20N6O/c1-9(12-5-10-2-3-11(12)4-10)20-15(23)8-22-14(7-18)13(6-17)21-16(22)19/h9-12H,2-5,8H2,1H3,(H2,19,21)(H,20,23)/t9-,10+,11+,12+/m1/s1. The van der Waals surface area contributed by atoms with Crippen LogP contribution in [0.5, 0.6) is 0 Å². The first kappa shape index (κ1) is 15.4. The monoisotopic (exact) mass is 312 g/mol. The second-order valence-electron chi connectivity index (χ2n) is 6.67. The molecule has 3 N–H and O–H groups in total. The molecule has 2 aliphatic carbocycles. The summed E-state index contributed by atoms with van der Waals surface area (Å²) in [6.07, 6.45) is 5.09. The Bertz CT molecular complexity index is 709. The maximum atomic E-state index is 12.3. The fourth-order valence-corrected chi connectivity index (χ4v) is 4.28. The molecule has 7 nitrogen and oxygen atoms in total. The number of nitriles is 2. The minimum atomic E-state index is -0.203. The number of imidazole rings is 1. The second kappa shape index (κ2) is 5.92. The van der Waals surface area contributed by atoms with Gasteiger partial charge in [-0.05, 0) is 43.9 Å². The number of hydrogen-bond acceptors (Lipinski definition) is 5. The van der Waals surface area contributed by atoms with Crippen LogP contribution in [0.2, 0.25) is 0 Å². The molecule has 0 spiro atoms. The molecule has 4 atom stereocenters. The average Bonchev–Trinajstić information content (AvgIpc) is 3.22. The normalized spacial score (nSPS) is 26.5. The van der Waals surface area contributed by atoms with E-state index in [-0.39, 0.29) is 35.8 Å². The lowest BCUT2D eigenvalue weighted by molar-refractivity contribution is -0.122. The van der Waals surface area contributed by atoms with E-state index in [1.165, 1.54) is 30.3 Å². The molecule has 7 heteroatoms. The summed E-state index contributed by atoms with van der Waals surface area (Å²) in [5.74, 6) is 1.92. The molecule has 1 heterocycles. The summed E-state index contributed by atoms with van der Waals surface area (Å²) >= 11 is 0. The van der Waals surface area contributed by atoms with Gasteiger partial charge in [0, 0.05) is 6.04 Å². The molecule has 0 unspecified atom stereocenters. The molecule has 2 aliphatic rings. The fraction of sp³-hybridized carbons (Fsp3) is 0.625. The van der Waals surface area contributed by atoms with Gasteiger partial charge in [-0.25, -0.2) is 4.98 Å². The van der Waals surface area contributed by atoms with Gasteiger partial charge in [0.15, 0.2) is 11.4 Å². The van der Waals surface area contributed by atoms with Gasteiger partial charge in [0.1, 0.15) is 18.7 Å². The number of fused-ring (bicyclic) bond motifs is 2. The van der Waals surface area contributed by atoms with Gasteiger partial charge >= 0.3 is 0 Å². The number of amides is 1. The van der Waals surface area contributed by atoms with Gasteiger partial charge in [-0.15, -0.1) is 0 Å². The Labute approximate surface area is 135 Å². The number of anilines is 1. The molecule has 0 saturated heterocycles. The van der Waals surface area contributed by atoms with Gasteiger partial charge in [-0.1, -0.05) is 6.42 Å². The molecule has 120 valence electrons. The zero-order valence-electron chi connectivity index (χ0n) is 13.1. The quantitative estimate of drug-likeness (QED) is 0.864. The Morgan fingerprint density at radius 2 is 2.22 bits per heavy atom. The van der Waals surface area contributed by atoms with Crippen molar-refractivity contribution in [2.24, 2.45) is 17.8 Å². The third kappa shape index (κ3) is 2.75. The first-order chi connectivity index (χ1) is 11.0. The maximum absolute atomic E-state index is 12.3. The number of aromatic nitrogens is 2. The van der Waals surface area contributed by atoms with Gasteiger partial charge in [-0.2, -0.15) is 10.5 Å². The van der Waals surface area contributed by atoms with E-state index in [0.717, 1.165) is 11.8 Å². The van der Waals surface area contributed by atoms with Gasteiger partial charge < -0.3 is 11.1 Å². The van der Waals surface area contributed by atoms with Crippen molar-refractivity contribution < 1.29 is 4.79 Å². The first-order valence-corrected chi connectivity index (χ1v) is 7.99. The predicted molar refractivity (Wildman–Crippen MR) is 82.6 cm³/mol. The van der Waals surface area contributed by atoms with Crippen molar-refractivity contribution in [3.05, 3.63) is 11.4 Å². The summed E-state index contributed by atoms with van der Waals surface area (Å²) in [4.78, 5) is 16.1. The van der Waals surface area contributed by atoms with Crippen molar-refractivity contribution in [2.75, 3.05) is 5.73 Å². The summed E-state index contributed by atoms with van der Waals surface area (Å²) in [6, 6.07) is 3.82. The summed E-state index contributed by atoms with van der Waals surface area (Å²) in [6.45, 7) is 1.96. The van der Waals surface area contributed by atoms with E-state index in [0.29, 0.717) is 5.92 Å². The van der Waals surface area contributed by atoms with Crippen LogP contribution in [0.15, 0.2) is 0 Å². The lowest BCUT2D eigenvalue weighted by atomic mass is 9.84. The van der Waals surface area contributed by atoms with E-state index < -0.39 is 0 Å². The van der Waals surface area contributed by atoms with Crippen molar-refractivity contribution in [2.45, 2.75) is 45.2 Å². The molecule has 2 fully saturated rings. The Morgan fingerprint density at radius 3 is 2.78 bits per heavy atom. The van der Waals surface area contributed by atoms with Gasteiger partial charge in [0.25, 0.3) is 0 Å².